The predicted octanol–water partition coefficient (Wildman–Crippen LogP) is 4.08. The average Bonchev–Trinajstić information content (AvgIpc) is 3.15. The molecule has 2 aliphatic heterocycles. The lowest BCUT2D eigenvalue weighted by Crippen LogP contribution is -2.48. The van der Waals surface area contributed by atoms with Crippen molar-refractivity contribution in [3.63, 3.8) is 0 Å². The lowest BCUT2D eigenvalue weighted by atomic mass is 9.96. The van der Waals surface area contributed by atoms with E-state index in [1.54, 1.807) is 0 Å². The van der Waals surface area contributed by atoms with Crippen LogP contribution < -0.4 is 0 Å². The van der Waals surface area contributed by atoms with E-state index >= 15 is 0 Å². The van der Waals surface area contributed by atoms with Gasteiger partial charge in [0.05, 0.1) is 6.61 Å². The van der Waals surface area contributed by atoms with Gasteiger partial charge in [0.1, 0.15) is 0 Å². The molecule has 1 atom stereocenters. The van der Waals surface area contributed by atoms with Gasteiger partial charge >= 0.3 is 29.8 Å². The van der Waals surface area contributed by atoms with Crippen LogP contribution >= 0.6 is 23.4 Å². The first-order chi connectivity index (χ1) is 21.3. The highest BCUT2D eigenvalue weighted by atomic mass is 35.5. The van der Waals surface area contributed by atoms with Crippen molar-refractivity contribution in [2.75, 3.05) is 39.3 Å². The summed E-state index contributed by atoms with van der Waals surface area (Å²) in [5.41, 5.74) is 2.76. The number of piperazine rings is 1. The summed E-state index contributed by atoms with van der Waals surface area (Å²) in [6, 6.07) is 15.4. The second kappa shape index (κ2) is 19.3. The Morgan fingerprint density at radius 3 is 1.93 bits per heavy atom. The molecule has 0 spiro atoms. The molecule has 0 bridgehead atoms. The van der Waals surface area contributed by atoms with E-state index in [0.29, 0.717) is 37.0 Å². The maximum atomic E-state index is 10.9. The van der Waals surface area contributed by atoms with E-state index in [1.165, 1.54) is 27.8 Å². The van der Waals surface area contributed by atoms with Crippen molar-refractivity contribution in [2.45, 2.75) is 35.6 Å². The van der Waals surface area contributed by atoms with Crippen molar-refractivity contribution in [3.05, 3.63) is 82.9 Å². The fourth-order valence-electron chi connectivity index (χ4n) is 4.50. The van der Waals surface area contributed by atoms with E-state index in [2.05, 4.69) is 46.2 Å². The van der Waals surface area contributed by atoms with Crippen LogP contribution in [0.5, 0.6) is 0 Å². The second-order valence-electron chi connectivity index (χ2n) is 9.70. The molecule has 0 aliphatic carbocycles. The Morgan fingerprint density at radius 1 is 0.844 bits per heavy atom. The monoisotopic (exact) mass is 662 g/mol. The number of carbonyl (C=O) groups excluding carboxylic acids is 1. The van der Waals surface area contributed by atoms with Crippen molar-refractivity contribution in [1.82, 2.24) is 9.80 Å². The zero-order valence-electron chi connectivity index (χ0n) is 24.5. The molecule has 1 fully saturated rings. The van der Waals surface area contributed by atoms with Gasteiger partial charge in [0.25, 0.3) is 0 Å². The van der Waals surface area contributed by atoms with Crippen LogP contribution in [0.1, 0.15) is 30.5 Å². The van der Waals surface area contributed by atoms with E-state index in [0.717, 1.165) is 50.6 Å². The number of aliphatic carboxylic acids is 4. The summed E-state index contributed by atoms with van der Waals surface area (Å²) < 4.78 is 5.06. The summed E-state index contributed by atoms with van der Waals surface area (Å²) in [6.45, 7) is 7.12. The minimum Gasteiger partial charge on any atom is -0.478 e. The molecule has 4 rings (SSSR count). The summed E-state index contributed by atoms with van der Waals surface area (Å²) in [5, 5.41) is 32.1. The molecule has 45 heavy (non-hydrogen) atoms. The molecular weight excluding hydrogens is 628 g/mol. The molecule has 4 N–H and O–H groups in total. The molecule has 0 radical (unpaired) electrons. The van der Waals surface area contributed by atoms with Gasteiger partial charge in [0.15, 0.2) is 0 Å². The van der Waals surface area contributed by atoms with E-state index in [4.69, 9.17) is 36.8 Å². The van der Waals surface area contributed by atoms with Crippen LogP contribution in [-0.2, 0) is 35.1 Å². The molecule has 1 saturated heterocycles. The largest absolute Gasteiger partial charge is 0.478 e. The summed E-state index contributed by atoms with van der Waals surface area (Å²) in [6.07, 6.45) is 4.14. The van der Waals surface area contributed by atoms with Gasteiger partial charge in [-0.05, 0) is 48.2 Å². The number of rotatable bonds is 9. The standard InChI is InChI=1S/C23H27ClN2O2S.2C4H4O4/c1-17(27)28-14-4-9-25-10-12-26(13-11-25)21-15-18-5-2-3-6-22(18)29-23-8-7-19(24)16-20(21)23;2*5-3(6)1-2-4(7)8/h2-3,5-8,16,21H,4,9-15H2,1H3;2*1-2H,(H,5,6)(H,7,8)/b;2*2-1+. The van der Waals surface area contributed by atoms with E-state index in [9.17, 15) is 24.0 Å². The Hall–Kier alpha value is -4.17. The van der Waals surface area contributed by atoms with Crippen molar-refractivity contribution in [2.24, 2.45) is 0 Å². The smallest absolute Gasteiger partial charge is 0.328 e. The van der Waals surface area contributed by atoms with Crippen molar-refractivity contribution in [3.8, 4) is 0 Å². The Morgan fingerprint density at radius 2 is 1.40 bits per heavy atom. The Labute approximate surface area is 269 Å². The Balaban J connectivity index is 0.000000365. The first-order valence-corrected chi connectivity index (χ1v) is 15.0. The minimum atomic E-state index is -1.26. The number of fused-ring (bicyclic) bond motifs is 2. The molecular formula is C31H35ClN2O10S. The SMILES string of the molecule is CC(=O)OCCCN1CCN(C2Cc3ccccc3Sc3ccc(Cl)cc32)CC1.O=C(O)/C=C/C(=O)O.O=C(O)/C=C/C(=O)O. The third-order valence-corrected chi connectivity index (χ3v) is 7.89. The van der Waals surface area contributed by atoms with Crippen LogP contribution in [0.3, 0.4) is 0 Å². The van der Waals surface area contributed by atoms with Gasteiger partial charge in [-0.25, -0.2) is 19.2 Å². The molecule has 2 aromatic rings. The predicted molar refractivity (Wildman–Crippen MR) is 167 cm³/mol. The molecule has 0 aromatic heterocycles. The normalized spacial score (nSPS) is 16.2. The second-order valence-corrected chi connectivity index (χ2v) is 11.2. The number of hydrogen-bond acceptors (Lipinski definition) is 9. The molecule has 0 saturated carbocycles. The fourth-order valence-corrected chi connectivity index (χ4v) is 5.79. The molecule has 242 valence electrons. The third-order valence-electron chi connectivity index (χ3n) is 6.45. The van der Waals surface area contributed by atoms with Gasteiger partial charge in [0, 0.05) is 84.8 Å². The first-order valence-electron chi connectivity index (χ1n) is 13.8. The van der Waals surface area contributed by atoms with Crippen LogP contribution in [0.25, 0.3) is 0 Å². The maximum Gasteiger partial charge on any atom is 0.328 e. The van der Waals surface area contributed by atoms with Crippen LogP contribution in [0.15, 0.2) is 76.6 Å². The van der Waals surface area contributed by atoms with E-state index < -0.39 is 23.9 Å². The molecule has 12 nitrogen and oxygen atoms in total. The van der Waals surface area contributed by atoms with Crippen molar-refractivity contribution >= 4 is 53.2 Å². The third kappa shape index (κ3) is 14.4. The molecule has 2 heterocycles. The van der Waals surface area contributed by atoms with Gasteiger partial charge in [-0.2, -0.15) is 0 Å². The zero-order chi connectivity index (χ0) is 33.4. The summed E-state index contributed by atoms with van der Waals surface area (Å²) in [4.78, 5) is 56.9. The highest BCUT2D eigenvalue weighted by Crippen LogP contribution is 2.43. The average molecular weight is 663 g/mol. The number of carboxylic acids is 4. The van der Waals surface area contributed by atoms with Crippen LogP contribution in [0, 0.1) is 0 Å². The number of carbonyl (C=O) groups is 5. The number of halogens is 1. The maximum absolute atomic E-state index is 10.9. The van der Waals surface area contributed by atoms with Gasteiger partial charge in [-0.15, -0.1) is 0 Å². The molecule has 2 aromatic carbocycles. The van der Waals surface area contributed by atoms with Gasteiger partial charge in [0.2, 0.25) is 0 Å². The molecule has 14 heteroatoms. The van der Waals surface area contributed by atoms with Crippen LogP contribution in [0.2, 0.25) is 5.02 Å². The van der Waals surface area contributed by atoms with Gasteiger partial charge < -0.3 is 30.1 Å². The first kappa shape index (κ1) is 37.0. The fraction of sp³-hybridized carbons (Fsp3) is 0.323. The number of ether oxygens (including phenoxy) is 1. The zero-order valence-corrected chi connectivity index (χ0v) is 26.1. The van der Waals surface area contributed by atoms with Crippen molar-refractivity contribution < 1.29 is 49.1 Å². The lowest BCUT2D eigenvalue weighted by molar-refractivity contribution is -0.141. The minimum absolute atomic E-state index is 0.196. The van der Waals surface area contributed by atoms with E-state index in [1.807, 2.05) is 17.8 Å². The van der Waals surface area contributed by atoms with Gasteiger partial charge in [-0.3, -0.25) is 9.69 Å². The summed E-state index contributed by atoms with van der Waals surface area (Å²) in [5.74, 6) is -5.22. The molecule has 2 aliphatic rings. The van der Waals surface area contributed by atoms with E-state index in [-0.39, 0.29) is 5.97 Å². The number of benzene rings is 2. The number of nitrogens with zero attached hydrogens (tertiary/aromatic N) is 2. The molecule has 1 unspecified atom stereocenters. The van der Waals surface area contributed by atoms with Gasteiger partial charge in [-0.1, -0.05) is 41.6 Å². The number of esters is 1. The summed E-state index contributed by atoms with van der Waals surface area (Å²) in [7, 11) is 0. The topological polar surface area (TPSA) is 182 Å². The number of carboxylic acid groups (broad SMARTS) is 4. The summed E-state index contributed by atoms with van der Waals surface area (Å²) >= 11 is 8.25. The van der Waals surface area contributed by atoms with Crippen LogP contribution in [-0.4, -0.2) is 99.4 Å². The highest BCUT2D eigenvalue weighted by molar-refractivity contribution is 7.99. The molecule has 0 amide bonds. The van der Waals surface area contributed by atoms with Crippen LogP contribution in [0.4, 0.5) is 0 Å². The Kier molecular flexibility index (Phi) is 15.8. The quantitative estimate of drug-likeness (QED) is 0.171. The lowest BCUT2D eigenvalue weighted by Gasteiger charge is -2.39. The Bertz CT molecular complexity index is 1340. The number of hydrogen-bond donors (Lipinski definition) is 4. The van der Waals surface area contributed by atoms with Crippen molar-refractivity contribution in [1.29, 1.82) is 0 Å². The highest BCUT2D eigenvalue weighted by Gasteiger charge is 2.30.